The minimum Gasteiger partial charge on any atom is -0.376 e. The number of piperidine rings is 1. The number of ether oxygens (including phenoxy) is 1. The fraction of sp³-hybridized carbons (Fsp3) is 0.875. The molecule has 0 aromatic rings. The molecule has 21 heavy (non-hydrogen) atoms. The van der Waals surface area contributed by atoms with Gasteiger partial charge in [-0.25, -0.2) is 0 Å². The van der Waals surface area contributed by atoms with E-state index in [1.54, 1.807) is 11.8 Å². The van der Waals surface area contributed by atoms with E-state index in [0.29, 0.717) is 25.8 Å². The van der Waals surface area contributed by atoms with Gasteiger partial charge in [0.2, 0.25) is 11.8 Å². The van der Waals surface area contributed by atoms with E-state index < -0.39 is 0 Å². The second kappa shape index (κ2) is 8.37. The minimum atomic E-state index is -0.0580. The van der Waals surface area contributed by atoms with Crippen LogP contribution in [0.3, 0.4) is 0 Å². The van der Waals surface area contributed by atoms with Gasteiger partial charge in [-0.1, -0.05) is 19.3 Å². The van der Waals surface area contributed by atoms with E-state index in [1.807, 2.05) is 0 Å². The van der Waals surface area contributed by atoms with Gasteiger partial charge in [0.25, 0.3) is 0 Å². The highest BCUT2D eigenvalue weighted by atomic mass is 16.5. The maximum Gasteiger partial charge on any atom is 0.224 e. The van der Waals surface area contributed by atoms with Crippen LogP contribution in [0.15, 0.2) is 0 Å². The molecule has 1 saturated carbocycles. The van der Waals surface area contributed by atoms with E-state index in [9.17, 15) is 9.59 Å². The maximum atomic E-state index is 12.1. The molecule has 1 atom stereocenters. The second-order valence-corrected chi connectivity index (χ2v) is 6.23. The Hall–Kier alpha value is -1.10. The first-order chi connectivity index (χ1) is 10.2. The number of carbonyl (C=O) groups excluding carboxylic acids is 2. The fourth-order valence-electron chi connectivity index (χ4n) is 3.25. The first-order valence-electron chi connectivity index (χ1n) is 8.31. The van der Waals surface area contributed by atoms with Gasteiger partial charge in [-0.05, 0) is 25.7 Å². The molecule has 1 saturated heterocycles. The molecule has 2 rings (SSSR count). The zero-order valence-electron chi connectivity index (χ0n) is 13.1. The summed E-state index contributed by atoms with van der Waals surface area (Å²) >= 11 is 0. The van der Waals surface area contributed by atoms with Gasteiger partial charge >= 0.3 is 0 Å². The molecule has 0 radical (unpaired) electrons. The number of nitrogens with one attached hydrogen (secondary N) is 1. The molecular formula is C16H28N2O3. The number of nitrogens with zero attached hydrogens (tertiary/aromatic N) is 1. The molecule has 0 unspecified atom stereocenters. The Bertz CT molecular complexity index is 353. The molecule has 0 spiro atoms. The summed E-state index contributed by atoms with van der Waals surface area (Å²) in [7, 11) is 0. The zero-order valence-corrected chi connectivity index (χ0v) is 13.1. The number of amides is 2. The van der Waals surface area contributed by atoms with Crippen LogP contribution in [-0.2, 0) is 14.3 Å². The van der Waals surface area contributed by atoms with Crippen molar-refractivity contribution in [2.75, 3.05) is 26.2 Å². The van der Waals surface area contributed by atoms with Crippen molar-refractivity contribution in [3.63, 3.8) is 0 Å². The predicted octanol–water partition coefficient (Wildman–Crippen LogP) is 1.71. The molecule has 5 heteroatoms. The number of rotatable bonds is 5. The van der Waals surface area contributed by atoms with Crippen molar-refractivity contribution in [3.05, 3.63) is 0 Å². The SMILES string of the molecule is CC(=O)N1CCC[C@H](C(=O)NCCOC2CCCCC2)C1. The van der Waals surface area contributed by atoms with Crippen molar-refractivity contribution in [3.8, 4) is 0 Å². The molecule has 2 fully saturated rings. The summed E-state index contributed by atoms with van der Waals surface area (Å²) in [5.74, 6) is 0.0682. The van der Waals surface area contributed by atoms with Crippen LogP contribution in [0.5, 0.6) is 0 Å². The van der Waals surface area contributed by atoms with Crippen molar-refractivity contribution in [2.24, 2.45) is 5.92 Å². The Labute approximate surface area is 127 Å². The second-order valence-electron chi connectivity index (χ2n) is 6.23. The molecule has 5 nitrogen and oxygen atoms in total. The minimum absolute atomic E-state index is 0.0580. The lowest BCUT2D eigenvalue weighted by Gasteiger charge is -2.31. The molecule has 0 bridgehead atoms. The smallest absolute Gasteiger partial charge is 0.224 e. The van der Waals surface area contributed by atoms with Gasteiger partial charge < -0.3 is 15.0 Å². The Kier molecular flexibility index (Phi) is 6.49. The molecule has 0 aromatic carbocycles. The largest absolute Gasteiger partial charge is 0.376 e. The molecule has 120 valence electrons. The number of hydrogen-bond acceptors (Lipinski definition) is 3. The van der Waals surface area contributed by atoms with Crippen molar-refractivity contribution in [1.29, 1.82) is 0 Å². The fourth-order valence-corrected chi connectivity index (χ4v) is 3.25. The topological polar surface area (TPSA) is 58.6 Å². The van der Waals surface area contributed by atoms with Crippen LogP contribution in [-0.4, -0.2) is 49.1 Å². The lowest BCUT2D eigenvalue weighted by atomic mass is 9.97. The normalized spacial score (nSPS) is 23.9. The summed E-state index contributed by atoms with van der Waals surface area (Å²) in [6, 6.07) is 0. The van der Waals surface area contributed by atoms with E-state index in [1.165, 1.54) is 19.3 Å². The summed E-state index contributed by atoms with van der Waals surface area (Å²) in [6.07, 6.45) is 8.34. The third-order valence-corrected chi connectivity index (χ3v) is 4.54. The van der Waals surface area contributed by atoms with Gasteiger partial charge in [-0.3, -0.25) is 9.59 Å². The van der Waals surface area contributed by atoms with Crippen molar-refractivity contribution < 1.29 is 14.3 Å². The van der Waals surface area contributed by atoms with E-state index >= 15 is 0 Å². The lowest BCUT2D eigenvalue weighted by Crippen LogP contribution is -2.45. The molecule has 0 aromatic heterocycles. The standard InChI is InChI=1S/C16H28N2O3/c1-13(19)18-10-5-6-14(12-18)16(20)17-9-11-21-15-7-3-2-4-8-15/h14-15H,2-12H2,1H3,(H,17,20)/t14-/m0/s1. The van der Waals surface area contributed by atoms with Crippen LogP contribution < -0.4 is 5.32 Å². The molecule has 1 aliphatic carbocycles. The molecule has 1 N–H and O–H groups in total. The zero-order chi connectivity index (χ0) is 15.1. The van der Waals surface area contributed by atoms with Crippen molar-refractivity contribution in [1.82, 2.24) is 10.2 Å². The average Bonchev–Trinajstić information content (AvgIpc) is 2.52. The van der Waals surface area contributed by atoms with Crippen LogP contribution in [0.4, 0.5) is 0 Å². The van der Waals surface area contributed by atoms with E-state index in [-0.39, 0.29) is 17.7 Å². The van der Waals surface area contributed by atoms with Gasteiger partial charge in [0, 0.05) is 26.6 Å². The van der Waals surface area contributed by atoms with Gasteiger partial charge in [-0.15, -0.1) is 0 Å². The number of likely N-dealkylation sites (tertiary alicyclic amines) is 1. The van der Waals surface area contributed by atoms with Gasteiger partial charge in [0.05, 0.1) is 18.6 Å². The molecule has 1 aliphatic heterocycles. The monoisotopic (exact) mass is 296 g/mol. The Morgan fingerprint density at radius 1 is 1.14 bits per heavy atom. The van der Waals surface area contributed by atoms with E-state index in [0.717, 1.165) is 32.2 Å². The number of hydrogen-bond donors (Lipinski definition) is 1. The molecule has 2 amide bonds. The first-order valence-corrected chi connectivity index (χ1v) is 8.31. The Morgan fingerprint density at radius 2 is 1.90 bits per heavy atom. The van der Waals surface area contributed by atoms with Gasteiger partial charge in [0.1, 0.15) is 0 Å². The van der Waals surface area contributed by atoms with Crippen LogP contribution >= 0.6 is 0 Å². The third kappa shape index (κ3) is 5.30. The number of carbonyl (C=O) groups is 2. The highest BCUT2D eigenvalue weighted by Crippen LogP contribution is 2.20. The lowest BCUT2D eigenvalue weighted by molar-refractivity contribution is -0.134. The summed E-state index contributed by atoms with van der Waals surface area (Å²) in [6.45, 7) is 4.08. The van der Waals surface area contributed by atoms with Crippen LogP contribution in [0.2, 0.25) is 0 Å². The Morgan fingerprint density at radius 3 is 2.62 bits per heavy atom. The van der Waals surface area contributed by atoms with Crippen LogP contribution in [0.1, 0.15) is 51.9 Å². The van der Waals surface area contributed by atoms with Gasteiger partial charge in [0.15, 0.2) is 0 Å². The third-order valence-electron chi connectivity index (χ3n) is 4.54. The first kappa shape index (κ1) is 16.3. The van der Waals surface area contributed by atoms with Crippen LogP contribution in [0, 0.1) is 5.92 Å². The summed E-state index contributed by atoms with van der Waals surface area (Å²) in [5.41, 5.74) is 0. The summed E-state index contributed by atoms with van der Waals surface area (Å²) < 4.78 is 5.80. The van der Waals surface area contributed by atoms with E-state index in [4.69, 9.17) is 4.74 Å². The molecule has 1 heterocycles. The summed E-state index contributed by atoms with van der Waals surface area (Å²) in [4.78, 5) is 25.3. The highest BCUT2D eigenvalue weighted by Gasteiger charge is 2.26. The van der Waals surface area contributed by atoms with Crippen molar-refractivity contribution >= 4 is 11.8 Å². The maximum absolute atomic E-state index is 12.1. The molecular weight excluding hydrogens is 268 g/mol. The average molecular weight is 296 g/mol. The predicted molar refractivity (Wildman–Crippen MR) is 80.8 cm³/mol. The van der Waals surface area contributed by atoms with Crippen LogP contribution in [0.25, 0.3) is 0 Å². The van der Waals surface area contributed by atoms with Gasteiger partial charge in [-0.2, -0.15) is 0 Å². The van der Waals surface area contributed by atoms with E-state index in [2.05, 4.69) is 5.32 Å². The quantitative estimate of drug-likeness (QED) is 0.786. The summed E-state index contributed by atoms with van der Waals surface area (Å²) in [5, 5.41) is 2.95. The molecule has 2 aliphatic rings. The van der Waals surface area contributed by atoms with Crippen molar-refractivity contribution in [2.45, 2.75) is 58.0 Å². The highest BCUT2D eigenvalue weighted by molar-refractivity contribution is 5.80. The Balaban J connectivity index is 1.61.